The van der Waals surface area contributed by atoms with Gasteiger partial charge in [0.2, 0.25) is 0 Å². The Morgan fingerprint density at radius 2 is 2.06 bits per heavy atom. The van der Waals surface area contributed by atoms with Crippen molar-refractivity contribution in [2.75, 3.05) is 13.1 Å². The predicted octanol–water partition coefficient (Wildman–Crippen LogP) is 1.56. The molecule has 0 radical (unpaired) electrons. The molecule has 2 rings (SSSR count). The van der Waals surface area contributed by atoms with Crippen LogP contribution in [0.3, 0.4) is 0 Å². The molecule has 1 aliphatic rings. The molecule has 3 N–H and O–H groups in total. The summed E-state index contributed by atoms with van der Waals surface area (Å²) in [7, 11) is 0. The molecule has 1 amide bonds. The average Bonchev–Trinajstić information content (AvgIpc) is 2.32. The number of amides is 1. The summed E-state index contributed by atoms with van der Waals surface area (Å²) in [5.41, 5.74) is 6.18. The van der Waals surface area contributed by atoms with Crippen LogP contribution in [-0.2, 0) is 0 Å². The van der Waals surface area contributed by atoms with Crippen molar-refractivity contribution in [1.82, 2.24) is 4.90 Å². The second-order valence-electron chi connectivity index (χ2n) is 4.29. The maximum Gasteiger partial charge on any atom is 0.257 e. The van der Waals surface area contributed by atoms with Crippen LogP contribution in [0.1, 0.15) is 23.2 Å². The summed E-state index contributed by atoms with van der Waals surface area (Å²) in [6, 6.07) is 5.25. The summed E-state index contributed by atoms with van der Waals surface area (Å²) >= 11 is 2.13. The highest BCUT2D eigenvalue weighted by Crippen LogP contribution is 2.22. The number of hydrogen-bond acceptors (Lipinski definition) is 3. The standard InChI is InChI=1S/C12H15IN2O2/c13-8-1-2-11(16)10(7-8)12(17)15-5-3-9(14)4-6-15/h1-2,7,9,16H,3-6,14H2. The van der Waals surface area contributed by atoms with E-state index in [1.807, 2.05) is 0 Å². The molecule has 1 heterocycles. The van der Waals surface area contributed by atoms with E-state index < -0.39 is 0 Å². The average molecular weight is 346 g/mol. The van der Waals surface area contributed by atoms with Crippen LogP contribution >= 0.6 is 22.6 Å². The second-order valence-corrected chi connectivity index (χ2v) is 5.54. The van der Waals surface area contributed by atoms with Crippen molar-refractivity contribution in [2.24, 2.45) is 5.73 Å². The van der Waals surface area contributed by atoms with Crippen molar-refractivity contribution >= 4 is 28.5 Å². The number of carbonyl (C=O) groups excluding carboxylic acids is 1. The molecule has 1 saturated heterocycles. The summed E-state index contributed by atoms with van der Waals surface area (Å²) < 4.78 is 0.942. The number of aromatic hydroxyl groups is 1. The van der Waals surface area contributed by atoms with E-state index in [2.05, 4.69) is 22.6 Å². The summed E-state index contributed by atoms with van der Waals surface area (Å²) in [6.07, 6.45) is 1.66. The third-order valence-corrected chi connectivity index (χ3v) is 3.69. The Labute approximate surface area is 114 Å². The molecule has 0 saturated carbocycles. The highest BCUT2D eigenvalue weighted by molar-refractivity contribution is 14.1. The molecule has 0 aromatic heterocycles. The van der Waals surface area contributed by atoms with Gasteiger partial charge in [-0.2, -0.15) is 0 Å². The summed E-state index contributed by atoms with van der Waals surface area (Å²) in [4.78, 5) is 14.0. The van der Waals surface area contributed by atoms with E-state index in [1.54, 1.807) is 23.1 Å². The molecule has 0 spiro atoms. The Hall–Kier alpha value is -0.820. The quantitative estimate of drug-likeness (QED) is 0.759. The van der Waals surface area contributed by atoms with Crippen LogP contribution in [0.4, 0.5) is 0 Å². The topological polar surface area (TPSA) is 66.6 Å². The lowest BCUT2D eigenvalue weighted by Gasteiger charge is -2.30. The third kappa shape index (κ3) is 2.90. The molecule has 1 aromatic carbocycles. The lowest BCUT2D eigenvalue weighted by Crippen LogP contribution is -2.42. The van der Waals surface area contributed by atoms with Gasteiger partial charge in [0, 0.05) is 22.7 Å². The van der Waals surface area contributed by atoms with Gasteiger partial charge in [-0.25, -0.2) is 0 Å². The highest BCUT2D eigenvalue weighted by atomic mass is 127. The number of likely N-dealkylation sites (tertiary alicyclic amines) is 1. The molecular weight excluding hydrogens is 331 g/mol. The van der Waals surface area contributed by atoms with Gasteiger partial charge in [0.05, 0.1) is 5.56 Å². The van der Waals surface area contributed by atoms with Crippen LogP contribution in [0.25, 0.3) is 0 Å². The number of rotatable bonds is 1. The van der Waals surface area contributed by atoms with Gasteiger partial charge >= 0.3 is 0 Å². The molecule has 92 valence electrons. The molecule has 5 heteroatoms. The maximum atomic E-state index is 12.2. The van der Waals surface area contributed by atoms with Crippen LogP contribution < -0.4 is 5.73 Å². The van der Waals surface area contributed by atoms with Gasteiger partial charge in [0.15, 0.2) is 0 Å². The van der Waals surface area contributed by atoms with E-state index in [1.165, 1.54) is 0 Å². The van der Waals surface area contributed by atoms with E-state index in [0.717, 1.165) is 16.4 Å². The molecule has 0 aliphatic carbocycles. The lowest BCUT2D eigenvalue weighted by molar-refractivity contribution is 0.0711. The van der Waals surface area contributed by atoms with Gasteiger partial charge < -0.3 is 15.7 Å². The van der Waals surface area contributed by atoms with E-state index >= 15 is 0 Å². The Morgan fingerprint density at radius 3 is 2.71 bits per heavy atom. The summed E-state index contributed by atoms with van der Waals surface area (Å²) in [5.74, 6) is -0.0572. The van der Waals surface area contributed by atoms with Crippen LogP contribution in [0.15, 0.2) is 18.2 Å². The number of nitrogens with two attached hydrogens (primary N) is 1. The molecule has 1 aliphatic heterocycles. The van der Waals surface area contributed by atoms with Crippen molar-refractivity contribution in [3.8, 4) is 5.75 Å². The molecule has 1 fully saturated rings. The van der Waals surface area contributed by atoms with Crippen LogP contribution in [-0.4, -0.2) is 35.0 Å². The number of hydrogen-bond donors (Lipinski definition) is 2. The minimum atomic E-state index is -0.104. The van der Waals surface area contributed by atoms with Gasteiger partial charge in [-0.15, -0.1) is 0 Å². The Bertz CT molecular complexity index is 429. The highest BCUT2D eigenvalue weighted by Gasteiger charge is 2.23. The second kappa shape index (κ2) is 5.22. The van der Waals surface area contributed by atoms with Crippen molar-refractivity contribution in [3.63, 3.8) is 0 Å². The van der Waals surface area contributed by atoms with E-state index in [4.69, 9.17) is 5.73 Å². The normalized spacial score (nSPS) is 17.2. The fraction of sp³-hybridized carbons (Fsp3) is 0.417. The molecule has 1 aromatic rings. The fourth-order valence-corrected chi connectivity index (χ4v) is 2.44. The first-order chi connectivity index (χ1) is 8.08. The Morgan fingerprint density at radius 1 is 1.41 bits per heavy atom. The summed E-state index contributed by atoms with van der Waals surface area (Å²) in [6.45, 7) is 1.34. The zero-order valence-corrected chi connectivity index (χ0v) is 11.6. The number of halogens is 1. The van der Waals surface area contributed by atoms with E-state index in [9.17, 15) is 9.90 Å². The van der Waals surface area contributed by atoms with Gasteiger partial charge in [-0.05, 0) is 53.6 Å². The van der Waals surface area contributed by atoms with Crippen molar-refractivity contribution < 1.29 is 9.90 Å². The van der Waals surface area contributed by atoms with E-state index in [-0.39, 0.29) is 17.7 Å². The number of piperidine rings is 1. The molecule has 17 heavy (non-hydrogen) atoms. The molecule has 0 unspecified atom stereocenters. The predicted molar refractivity (Wildman–Crippen MR) is 73.9 cm³/mol. The lowest BCUT2D eigenvalue weighted by atomic mass is 10.0. The number of nitrogens with zero attached hydrogens (tertiary/aromatic N) is 1. The molecule has 4 nitrogen and oxygen atoms in total. The zero-order valence-electron chi connectivity index (χ0n) is 9.40. The van der Waals surface area contributed by atoms with Crippen LogP contribution in [0, 0.1) is 3.57 Å². The Kier molecular flexibility index (Phi) is 3.88. The van der Waals surface area contributed by atoms with Crippen LogP contribution in [0.2, 0.25) is 0 Å². The third-order valence-electron chi connectivity index (χ3n) is 3.02. The minimum absolute atomic E-state index is 0.0466. The molecule has 0 atom stereocenters. The first-order valence-corrected chi connectivity index (χ1v) is 6.69. The summed E-state index contributed by atoms with van der Waals surface area (Å²) in [5, 5.41) is 9.71. The van der Waals surface area contributed by atoms with Gasteiger partial charge in [-0.3, -0.25) is 4.79 Å². The Balaban J connectivity index is 2.16. The maximum absolute atomic E-state index is 12.2. The van der Waals surface area contributed by atoms with Gasteiger partial charge in [0.1, 0.15) is 5.75 Å². The van der Waals surface area contributed by atoms with Crippen molar-refractivity contribution in [3.05, 3.63) is 27.3 Å². The first-order valence-electron chi connectivity index (χ1n) is 5.61. The smallest absolute Gasteiger partial charge is 0.257 e. The molecule has 0 bridgehead atoms. The van der Waals surface area contributed by atoms with Crippen molar-refractivity contribution in [2.45, 2.75) is 18.9 Å². The van der Waals surface area contributed by atoms with E-state index in [0.29, 0.717) is 18.7 Å². The number of benzene rings is 1. The fourth-order valence-electron chi connectivity index (χ4n) is 1.95. The monoisotopic (exact) mass is 346 g/mol. The number of carbonyl (C=O) groups is 1. The van der Waals surface area contributed by atoms with Crippen LogP contribution in [0.5, 0.6) is 5.75 Å². The van der Waals surface area contributed by atoms with Gasteiger partial charge in [0.25, 0.3) is 5.91 Å². The minimum Gasteiger partial charge on any atom is -0.507 e. The largest absolute Gasteiger partial charge is 0.507 e. The van der Waals surface area contributed by atoms with Gasteiger partial charge in [-0.1, -0.05) is 0 Å². The SMILES string of the molecule is NC1CCN(C(=O)c2cc(I)ccc2O)CC1. The molecular formula is C12H15IN2O2. The first kappa shape index (κ1) is 12.6. The number of phenolic OH excluding ortho intramolecular Hbond substituents is 1. The van der Waals surface area contributed by atoms with Crippen molar-refractivity contribution in [1.29, 1.82) is 0 Å². The number of phenols is 1. The zero-order chi connectivity index (χ0) is 12.4.